The van der Waals surface area contributed by atoms with Gasteiger partial charge in [0, 0.05) is 13.1 Å². The molecule has 3 rings (SSSR count). The van der Waals surface area contributed by atoms with Crippen LogP contribution in [0.4, 0.5) is 10.2 Å². The van der Waals surface area contributed by atoms with E-state index in [9.17, 15) is 9.18 Å². The van der Waals surface area contributed by atoms with E-state index in [0.29, 0.717) is 24.6 Å². The van der Waals surface area contributed by atoms with Crippen LogP contribution in [0.1, 0.15) is 10.4 Å². The van der Waals surface area contributed by atoms with Crippen molar-refractivity contribution in [3.63, 3.8) is 0 Å². The molecule has 2 heterocycles. The number of hydrogen-bond acceptors (Lipinski definition) is 5. The van der Waals surface area contributed by atoms with E-state index in [-0.39, 0.29) is 5.56 Å². The molecule has 112 valence electrons. The van der Waals surface area contributed by atoms with E-state index in [1.54, 1.807) is 18.3 Å². The lowest BCUT2D eigenvalue weighted by atomic mass is 10.2. The second-order valence-electron chi connectivity index (χ2n) is 4.52. The molecule has 3 N–H and O–H groups in total. The minimum atomic E-state index is -0.538. The molecule has 2 aromatic heterocycles. The van der Waals surface area contributed by atoms with Crippen molar-refractivity contribution < 1.29 is 9.18 Å². The van der Waals surface area contributed by atoms with Gasteiger partial charge in [0.2, 0.25) is 0 Å². The van der Waals surface area contributed by atoms with Crippen LogP contribution in [0.25, 0.3) is 11.0 Å². The quantitative estimate of drug-likeness (QED) is 0.618. The summed E-state index contributed by atoms with van der Waals surface area (Å²) in [6.45, 7) is 0.772. The lowest BCUT2D eigenvalue weighted by Crippen LogP contribution is -2.29. The fraction of sp³-hybridized carbons (Fsp3) is 0.143. The molecule has 0 radical (unpaired) electrons. The minimum absolute atomic E-state index is 0.0294. The second kappa shape index (κ2) is 6.17. The van der Waals surface area contributed by atoms with E-state index in [0.717, 1.165) is 5.39 Å². The first-order valence-corrected chi connectivity index (χ1v) is 6.66. The lowest BCUT2D eigenvalue weighted by Gasteiger charge is -2.08. The third-order valence-electron chi connectivity index (χ3n) is 3.07. The van der Waals surface area contributed by atoms with E-state index in [1.807, 2.05) is 0 Å². The van der Waals surface area contributed by atoms with Crippen molar-refractivity contribution in [2.75, 3.05) is 18.4 Å². The highest BCUT2D eigenvalue weighted by atomic mass is 19.1. The number of fused-ring (bicyclic) bond motifs is 1. The zero-order valence-corrected chi connectivity index (χ0v) is 11.5. The predicted octanol–water partition coefficient (Wildman–Crippen LogP) is 1.33. The Balaban J connectivity index is 1.55. The molecule has 0 spiro atoms. The van der Waals surface area contributed by atoms with Gasteiger partial charge in [0.05, 0.1) is 17.1 Å². The maximum absolute atomic E-state index is 13.4. The van der Waals surface area contributed by atoms with Gasteiger partial charge in [0.1, 0.15) is 18.0 Å². The lowest BCUT2D eigenvalue weighted by molar-refractivity contribution is 0.0951. The molecule has 0 saturated heterocycles. The topological polar surface area (TPSA) is 95.6 Å². The second-order valence-corrected chi connectivity index (χ2v) is 4.52. The summed E-state index contributed by atoms with van der Waals surface area (Å²) in [7, 11) is 0. The van der Waals surface area contributed by atoms with Gasteiger partial charge in [-0.05, 0) is 12.1 Å². The van der Waals surface area contributed by atoms with Crippen LogP contribution in [0.2, 0.25) is 0 Å². The van der Waals surface area contributed by atoms with Gasteiger partial charge >= 0.3 is 0 Å². The Kier molecular flexibility index (Phi) is 3.90. The summed E-state index contributed by atoms with van der Waals surface area (Å²) in [6, 6.07) is 5.85. The number of carbonyl (C=O) groups is 1. The number of anilines is 1. The predicted molar refractivity (Wildman–Crippen MR) is 78.9 cm³/mol. The molecule has 3 aromatic rings. The normalized spacial score (nSPS) is 10.6. The monoisotopic (exact) mass is 300 g/mol. The standard InChI is InChI=1S/C14H13FN6O/c15-11-4-2-1-3-9(11)14(22)17-6-5-16-12-10-7-20-21-13(10)19-8-18-12/h1-4,7-8H,5-6H2,(H,17,22)(H2,16,18,19,20,21). The van der Waals surface area contributed by atoms with Crippen molar-refractivity contribution in [3.05, 3.63) is 48.2 Å². The van der Waals surface area contributed by atoms with Crippen molar-refractivity contribution >= 4 is 22.8 Å². The van der Waals surface area contributed by atoms with Crippen LogP contribution in [0.3, 0.4) is 0 Å². The van der Waals surface area contributed by atoms with Crippen molar-refractivity contribution in [2.24, 2.45) is 0 Å². The van der Waals surface area contributed by atoms with Gasteiger partial charge in [0.25, 0.3) is 5.91 Å². The fourth-order valence-electron chi connectivity index (χ4n) is 2.00. The van der Waals surface area contributed by atoms with E-state index in [4.69, 9.17) is 0 Å². The summed E-state index contributed by atoms with van der Waals surface area (Å²) in [6.07, 6.45) is 3.04. The zero-order chi connectivity index (χ0) is 15.4. The van der Waals surface area contributed by atoms with Crippen LogP contribution in [0.5, 0.6) is 0 Å². The molecule has 8 heteroatoms. The molecule has 0 saturated carbocycles. The smallest absolute Gasteiger partial charge is 0.254 e. The largest absolute Gasteiger partial charge is 0.368 e. The molecule has 22 heavy (non-hydrogen) atoms. The first-order valence-electron chi connectivity index (χ1n) is 6.66. The molecule has 0 atom stereocenters. The average Bonchev–Trinajstić information content (AvgIpc) is 3.01. The Hall–Kier alpha value is -3.03. The number of carbonyl (C=O) groups excluding carboxylic acids is 1. The van der Waals surface area contributed by atoms with Crippen LogP contribution < -0.4 is 10.6 Å². The van der Waals surface area contributed by atoms with E-state index in [2.05, 4.69) is 30.8 Å². The van der Waals surface area contributed by atoms with Gasteiger partial charge in [0.15, 0.2) is 5.65 Å². The molecule has 1 aromatic carbocycles. The number of aromatic amines is 1. The van der Waals surface area contributed by atoms with Gasteiger partial charge in [-0.25, -0.2) is 14.4 Å². The number of benzene rings is 1. The highest BCUT2D eigenvalue weighted by Gasteiger charge is 2.10. The van der Waals surface area contributed by atoms with E-state index in [1.165, 1.54) is 18.5 Å². The van der Waals surface area contributed by atoms with Crippen molar-refractivity contribution in [2.45, 2.75) is 0 Å². The van der Waals surface area contributed by atoms with Gasteiger partial charge in [-0.3, -0.25) is 9.89 Å². The van der Waals surface area contributed by atoms with Crippen LogP contribution in [0.15, 0.2) is 36.8 Å². The van der Waals surface area contributed by atoms with Crippen molar-refractivity contribution in [1.82, 2.24) is 25.5 Å². The molecule has 0 bridgehead atoms. The van der Waals surface area contributed by atoms with Crippen LogP contribution in [-0.4, -0.2) is 39.2 Å². The number of amides is 1. The molecule has 0 unspecified atom stereocenters. The Morgan fingerprint density at radius 1 is 1.23 bits per heavy atom. The fourth-order valence-corrected chi connectivity index (χ4v) is 2.00. The molecular weight excluding hydrogens is 287 g/mol. The van der Waals surface area contributed by atoms with E-state index >= 15 is 0 Å². The maximum Gasteiger partial charge on any atom is 0.254 e. The molecular formula is C14H13FN6O. The average molecular weight is 300 g/mol. The summed E-state index contributed by atoms with van der Waals surface area (Å²) in [5.41, 5.74) is 0.662. The van der Waals surface area contributed by atoms with E-state index < -0.39 is 11.7 Å². The number of hydrogen-bond donors (Lipinski definition) is 3. The van der Waals surface area contributed by atoms with Gasteiger partial charge in [-0.1, -0.05) is 12.1 Å². The summed E-state index contributed by atoms with van der Waals surface area (Å²) >= 11 is 0. The van der Waals surface area contributed by atoms with Crippen LogP contribution in [0, 0.1) is 5.82 Å². The first kappa shape index (κ1) is 13.9. The number of aromatic nitrogens is 4. The third kappa shape index (κ3) is 2.85. The number of rotatable bonds is 5. The Morgan fingerprint density at radius 3 is 2.95 bits per heavy atom. The van der Waals surface area contributed by atoms with Gasteiger partial charge in [-0.15, -0.1) is 0 Å². The minimum Gasteiger partial charge on any atom is -0.368 e. The molecule has 0 aliphatic rings. The van der Waals surface area contributed by atoms with Crippen molar-refractivity contribution in [3.8, 4) is 0 Å². The highest BCUT2D eigenvalue weighted by Crippen LogP contribution is 2.15. The number of nitrogens with zero attached hydrogens (tertiary/aromatic N) is 3. The molecule has 0 fully saturated rings. The first-order chi connectivity index (χ1) is 10.8. The Morgan fingerprint density at radius 2 is 2.09 bits per heavy atom. The number of nitrogens with one attached hydrogen (secondary N) is 3. The van der Waals surface area contributed by atoms with Crippen molar-refractivity contribution in [1.29, 1.82) is 0 Å². The van der Waals surface area contributed by atoms with Crippen LogP contribution >= 0.6 is 0 Å². The summed E-state index contributed by atoms with van der Waals surface area (Å²) in [4.78, 5) is 20.0. The SMILES string of the molecule is O=C(NCCNc1ncnc2[nH]ncc12)c1ccccc1F. The highest BCUT2D eigenvalue weighted by molar-refractivity contribution is 5.94. The Labute approximate surface area is 125 Å². The van der Waals surface area contributed by atoms with Gasteiger partial charge in [-0.2, -0.15) is 5.10 Å². The molecule has 0 aliphatic heterocycles. The summed E-state index contributed by atoms with van der Waals surface area (Å²) in [5.74, 6) is -0.362. The third-order valence-corrected chi connectivity index (χ3v) is 3.07. The summed E-state index contributed by atoms with van der Waals surface area (Å²) < 4.78 is 13.4. The Bertz CT molecular complexity index is 803. The maximum atomic E-state index is 13.4. The molecule has 0 aliphatic carbocycles. The summed E-state index contributed by atoms with van der Waals surface area (Å²) in [5, 5.41) is 13.1. The zero-order valence-electron chi connectivity index (χ0n) is 11.5. The van der Waals surface area contributed by atoms with Crippen LogP contribution in [-0.2, 0) is 0 Å². The number of halogens is 1. The van der Waals surface area contributed by atoms with Gasteiger partial charge < -0.3 is 10.6 Å². The number of H-pyrrole nitrogens is 1. The molecule has 1 amide bonds. The molecule has 7 nitrogen and oxygen atoms in total.